The molecule has 1 aliphatic rings. The SMILES string of the molecule is CCCc1nc(C2(OC)CCCC2)nc(NCC)c1Br. The summed E-state index contributed by atoms with van der Waals surface area (Å²) in [6.07, 6.45) is 6.43. The normalized spacial score (nSPS) is 17.4. The van der Waals surface area contributed by atoms with Crippen molar-refractivity contribution < 1.29 is 4.74 Å². The van der Waals surface area contributed by atoms with E-state index in [0.29, 0.717) is 0 Å². The molecule has 0 aromatic carbocycles. The summed E-state index contributed by atoms with van der Waals surface area (Å²) in [6, 6.07) is 0. The molecule has 0 unspecified atom stereocenters. The summed E-state index contributed by atoms with van der Waals surface area (Å²) < 4.78 is 6.82. The standard InChI is InChI=1S/C15H24BrN3O/c1-4-8-11-12(16)13(17-5-2)19-14(18-11)15(20-3)9-6-7-10-15/h4-10H2,1-3H3,(H,17,18,19). The van der Waals surface area contributed by atoms with Crippen LogP contribution in [0.15, 0.2) is 4.47 Å². The van der Waals surface area contributed by atoms with Gasteiger partial charge in [0.25, 0.3) is 0 Å². The lowest BCUT2D eigenvalue weighted by Gasteiger charge is -2.27. The summed E-state index contributed by atoms with van der Waals surface area (Å²) in [5.41, 5.74) is 0.796. The average Bonchev–Trinajstić information content (AvgIpc) is 2.93. The highest BCUT2D eigenvalue weighted by molar-refractivity contribution is 9.10. The Hall–Kier alpha value is -0.680. The van der Waals surface area contributed by atoms with E-state index in [9.17, 15) is 0 Å². The van der Waals surface area contributed by atoms with Gasteiger partial charge in [0.2, 0.25) is 0 Å². The number of methoxy groups -OCH3 is 1. The number of nitrogens with zero attached hydrogens (tertiary/aromatic N) is 2. The molecule has 0 radical (unpaired) electrons. The van der Waals surface area contributed by atoms with Gasteiger partial charge in [-0.3, -0.25) is 0 Å². The van der Waals surface area contributed by atoms with Crippen molar-refractivity contribution in [1.29, 1.82) is 0 Å². The van der Waals surface area contributed by atoms with Crippen LogP contribution in [0.1, 0.15) is 57.5 Å². The molecule has 1 aliphatic carbocycles. The summed E-state index contributed by atoms with van der Waals surface area (Å²) in [4.78, 5) is 9.54. The van der Waals surface area contributed by atoms with Gasteiger partial charge in [0, 0.05) is 13.7 Å². The highest BCUT2D eigenvalue weighted by Crippen LogP contribution is 2.41. The quantitative estimate of drug-likeness (QED) is 0.848. The third kappa shape index (κ3) is 2.98. The van der Waals surface area contributed by atoms with E-state index < -0.39 is 0 Å². The van der Waals surface area contributed by atoms with Crippen LogP contribution < -0.4 is 5.32 Å². The number of rotatable bonds is 6. The fourth-order valence-electron chi connectivity index (χ4n) is 2.85. The molecule has 20 heavy (non-hydrogen) atoms. The third-order valence-corrected chi connectivity index (χ3v) is 4.79. The van der Waals surface area contributed by atoms with Crippen molar-refractivity contribution in [2.24, 2.45) is 0 Å². The van der Waals surface area contributed by atoms with Crippen molar-refractivity contribution in [3.8, 4) is 0 Å². The van der Waals surface area contributed by atoms with Gasteiger partial charge in [-0.25, -0.2) is 9.97 Å². The summed E-state index contributed by atoms with van der Waals surface area (Å²) in [7, 11) is 1.78. The van der Waals surface area contributed by atoms with Gasteiger partial charge in [0.05, 0.1) is 10.2 Å². The van der Waals surface area contributed by atoms with E-state index in [1.165, 1.54) is 12.8 Å². The Morgan fingerprint density at radius 3 is 2.50 bits per heavy atom. The molecule has 0 aliphatic heterocycles. The molecule has 0 spiro atoms. The van der Waals surface area contributed by atoms with Crippen LogP contribution in [0.2, 0.25) is 0 Å². The molecule has 1 aromatic rings. The molecule has 0 atom stereocenters. The Bertz CT molecular complexity index is 431. The topological polar surface area (TPSA) is 47.0 Å². The summed E-state index contributed by atoms with van der Waals surface area (Å²) in [5.74, 6) is 1.74. The first-order chi connectivity index (χ1) is 9.66. The van der Waals surface area contributed by atoms with Gasteiger partial charge in [-0.15, -0.1) is 0 Å². The predicted molar refractivity (Wildman–Crippen MR) is 85.0 cm³/mol. The first kappa shape index (κ1) is 15.7. The smallest absolute Gasteiger partial charge is 0.162 e. The Labute approximate surface area is 129 Å². The van der Waals surface area contributed by atoms with Gasteiger partial charge in [-0.05, 0) is 55.0 Å². The zero-order chi connectivity index (χ0) is 14.6. The number of ether oxygens (including phenoxy) is 1. The number of halogens is 1. The Kier molecular flexibility index (Phi) is 5.38. The molecule has 4 nitrogen and oxygen atoms in total. The van der Waals surface area contributed by atoms with Crippen molar-refractivity contribution in [1.82, 2.24) is 9.97 Å². The van der Waals surface area contributed by atoms with E-state index in [0.717, 1.165) is 54.0 Å². The molecule has 2 rings (SSSR count). The minimum atomic E-state index is -0.284. The minimum absolute atomic E-state index is 0.284. The molecule has 1 fully saturated rings. The molecule has 1 heterocycles. The van der Waals surface area contributed by atoms with Crippen LogP contribution in [0.5, 0.6) is 0 Å². The Balaban J connectivity index is 2.46. The Morgan fingerprint density at radius 2 is 1.95 bits per heavy atom. The molecule has 5 heteroatoms. The number of hydrogen-bond donors (Lipinski definition) is 1. The fraction of sp³-hybridized carbons (Fsp3) is 0.733. The monoisotopic (exact) mass is 341 g/mol. The van der Waals surface area contributed by atoms with Crippen molar-refractivity contribution in [3.63, 3.8) is 0 Å². The van der Waals surface area contributed by atoms with E-state index in [1.54, 1.807) is 7.11 Å². The van der Waals surface area contributed by atoms with Crippen LogP contribution in [-0.2, 0) is 16.8 Å². The van der Waals surface area contributed by atoms with Crippen LogP contribution in [-0.4, -0.2) is 23.6 Å². The molecule has 1 N–H and O–H groups in total. The summed E-state index contributed by atoms with van der Waals surface area (Å²) in [5, 5.41) is 3.33. The maximum absolute atomic E-state index is 5.82. The van der Waals surface area contributed by atoms with Gasteiger partial charge < -0.3 is 10.1 Å². The molecule has 0 amide bonds. The molecule has 112 valence electrons. The van der Waals surface area contributed by atoms with Crippen LogP contribution in [0.4, 0.5) is 5.82 Å². The van der Waals surface area contributed by atoms with E-state index in [1.807, 2.05) is 0 Å². The lowest BCUT2D eigenvalue weighted by atomic mass is 10.0. The fourth-order valence-corrected chi connectivity index (χ4v) is 3.37. The van der Waals surface area contributed by atoms with E-state index in [2.05, 4.69) is 35.1 Å². The highest BCUT2D eigenvalue weighted by atomic mass is 79.9. The van der Waals surface area contributed by atoms with E-state index >= 15 is 0 Å². The highest BCUT2D eigenvalue weighted by Gasteiger charge is 2.39. The van der Waals surface area contributed by atoms with Crippen molar-refractivity contribution in [2.75, 3.05) is 19.0 Å². The lowest BCUT2D eigenvalue weighted by Crippen LogP contribution is -2.28. The Morgan fingerprint density at radius 1 is 1.25 bits per heavy atom. The molecule has 0 bridgehead atoms. The maximum atomic E-state index is 5.82. The van der Waals surface area contributed by atoms with Gasteiger partial charge in [0.15, 0.2) is 5.82 Å². The zero-order valence-corrected chi connectivity index (χ0v) is 14.2. The number of aromatic nitrogens is 2. The lowest BCUT2D eigenvalue weighted by molar-refractivity contribution is -0.0163. The molecular formula is C15H24BrN3O. The zero-order valence-electron chi connectivity index (χ0n) is 12.6. The second-order valence-electron chi connectivity index (χ2n) is 5.34. The minimum Gasteiger partial charge on any atom is -0.370 e. The number of anilines is 1. The third-order valence-electron chi connectivity index (χ3n) is 3.96. The van der Waals surface area contributed by atoms with Crippen molar-refractivity contribution >= 4 is 21.7 Å². The second kappa shape index (κ2) is 6.85. The first-order valence-electron chi connectivity index (χ1n) is 7.52. The summed E-state index contributed by atoms with van der Waals surface area (Å²) in [6.45, 7) is 5.10. The predicted octanol–water partition coefficient (Wildman–Crippen LogP) is 4.04. The molecular weight excluding hydrogens is 318 g/mol. The average molecular weight is 342 g/mol. The van der Waals surface area contributed by atoms with Crippen molar-refractivity contribution in [3.05, 3.63) is 16.0 Å². The summed E-state index contributed by atoms with van der Waals surface area (Å²) >= 11 is 3.64. The number of nitrogens with one attached hydrogen (secondary N) is 1. The van der Waals surface area contributed by atoms with Crippen molar-refractivity contribution in [2.45, 2.75) is 58.0 Å². The van der Waals surface area contributed by atoms with Crippen LogP contribution in [0, 0.1) is 0 Å². The number of aryl methyl sites for hydroxylation is 1. The largest absolute Gasteiger partial charge is 0.370 e. The van der Waals surface area contributed by atoms with Crippen LogP contribution in [0.3, 0.4) is 0 Å². The van der Waals surface area contributed by atoms with E-state index in [-0.39, 0.29) is 5.60 Å². The van der Waals surface area contributed by atoms with Gasteiger partial charge in [0.1, 0.15) is 11.4 Å². The maximum Gasteiger partial charge on any atom is 0.162 e. The first-order valence-corrected chi connectivity index (χ1v) is 8.32. The number of hydrogen-bond acceptors (Lipinski definition) is 4. The molecule has 0 saturated heterocycles. The van der Waals surface area contributed by atoms with Gasteiger partial charge in [-0.1, -0.05) is 13.3 Å². The van der Waals surface area contributed by atoms with E-state index in [4.69, 9.17) is 14.7 Å². The van der Waals surface area contributed by atoms with Gasteiger partial charge >= 0.3 is 0 Å². The molecule has 1 aromatic heterocycles. The van der Waals surface area contributed by atoms with Gasteiger partial charge in [-0.2, -0.15) is 0 Å². The second-order valence-corrected chi connectivity index (χ2v) is 6.14. The molecule has 1 saturated carbocycles. The van der Waals surface area contributed by atoms with Crippen LogP contribution >= 0.6 is 15.9 Å². The van der Waals surface area contributed by atoms with Crippen LogP contribution in [0.25, 0.3) is 0 Å².